The zero-order valence-corrected chi connectivity index (χ0v) is 9.87. The maximum Gasteiger partial charge on any atom is 0.415 e. The number of ether oxygens (including phenoxy) is 1. The lowest BCUT2D eigenvalue weighted by molar-refractivity contribution is -0.384. The van der Waals surface area contributed by atoms with Crippen molar-refractivity contribution in [2.75, 3.05) is 19.6 Å². The van der Waals surface area contributed by atoms with Crippen molar-refractivity contribution in [1.82, 2.24) is 10.2 Å². The van der Waals surface area contributed by atoms with Crippen LogP contribution in [0.3, 0.4) is 0 Å². The highest BCUT2D eigenvalue weighted by Gasteiger charge is 2.22. The van der Waals surface area contributed by atoms with Crippen LogP contribution in [0.4, 0.5) is 10.5 Å². The second-order valence-corrected chi connectivity index (χ2v) is 3.89. The summed E-state index contributed by atoms with van der Waals surface area (Å²) in [5.41, 5.74) is -0.0860. The largest absolute Gasteiger partial charge is 0.415 e. The van der Waals surface area contributed by atoms with Crippen molar-refractivity contribution in [2.45, 2.75) is 0 Å². The van der Waals surface area contributed by atoms with Gasteiger partial charge in [0.15, 0.2) is 0 Å². The maximum atomic E-state index is 11.7. The number of carbonyl (C=O) groups excluding carboxylic acids is 2. The molecule has 2 amide bonds. The molecule has 1 fully saturated rings. The molecule has 0 unspecified atom stereocenters. The van der Waals surface area contributed by atoms with Crippen molar-refractivity contribution >= 4 is 17.7 Å². The number of nitrogens with one attached hydrogen (secondary N) is 1. The molecule has 0 bridgehead atoms. The van der Waals surface area contributed by atoms with Gasteiger partial charge in [0.25, 0.3) is 5.69 Å². The minimum atomic E-state index is -0.649. The van der Waals surface area contributed by atoms with E-state index in [1.807, 2.05) is 0 Å². The molecule has 2 rings (SSSR count). The second-order valence-electron chi connectivity index (χ2n) is 3.89. The van der Waals surface area contributed by atoms with E-state index in [2.05, 4.69) is 5.32 Å². The molecule has 8 nitrogen and oxygen atoms in total. The molecule has 1 aliphatic heterocycles. The third-order valence-electron chi connectivity index (χ3n) is 2.55. The van der Waals surface area contributed by atoms with Gasteiger partial charge in [-0.05, 0) is 12.1 Å². The molecular weight excluding hydrogens is 254 g/mol. The normalized spacial score (nSPS) is 14.7. The van der Waals surface area contributed by atoms with Crippen molar-refractivity contribution < 1.29 is 19.2 Å². The van der Waals surface area contributed by atoms with Crippen LogP contribution in [-0.2, 0) is 4.79 Å². The van der Waals surface area contributed by atoms with Crippen molar-refractivity contribution in [3.63, 3.8) is 0 Å². The lowest BCUT2D eigenvalue weighted by Crippen LogP contribution is -2.50. The number of nitro groups is 1. The van der Waals surface area contributed by atoms with E-state index in [1.54, 1.807) is 0 Å². The highest BCUT2D eigenvalue weighted by atomic mass is 16.6. The monoisotopic (exact) mass is 265 g/mol. The van der Waals surface area contributed by atoms with Crippen LogP contribution < -0.4 is 10.1 Å². The molecular formula is C11H11N3O5. The fraction of sp³-hybridized carbons (Fsp3) is 0.273. The number of benzene rings is 1. The second kappa shape index (κ2) is 5.34. The Morgan fingerprint density at radius 1 is 1.37 bits per heavy atom. The number of piperazine rings is 1. The van der Waals surface area contributed by atoms with Gasteiger partial charge in [-0.3, -0.25) is 19.8 Å². The van der Waals surface area contributed by atoms with Gasteiger partial charge in [0.1, 0.15) is 12.3 Å². The van der Waals surface area contributed by atoms with Gasteiger partial charge in [0.2, 0.25) is 5.91 Å². The molecule has 19 heavy (non-hydrogen) atoms. The number of nitrogens with zero attached hydrogens (tertiary/aromatic N) is 2. The summed E-state index contributed by atoms with van der Waals surface area (Å²) in [7, 11) is 0. The summed E-state index contributed by atoms with van der Waals surface area (Å²) in [6, 6.07) is 5.15. The van der Waals surface area contributed by atoms with E-state index < -0.39 is 11.0 Å². The molecule has 8 heteroatoms. The minimum absolute atomic E-state index is 0.0498. The molecule has 1 aromatic carbocycles. The number of amides is 2. The highest BCUT2D eigenvalue weighted by Crippen LogP contribution is 2.18. The topological polar surface area (TPSA) is 102 Å². The molecule has 1 N–H and O–H groups in total. The Morgan fingerprint density at radius 2 is 2.05 bits per heavy atom. The van der Waals surface area contributed by atoms with Crippen LogP contribution in [0.5, 0.6) is 5.75 Å². The minimum Gasteiger partial charge on any atom is -0.410 e. The van der Waals surface area contributed by atoms with Gasteiger partial charge in [-0.25, -0.2) is 4.79 Å². The summed E-state index contributed by atoms with van der Waals surface area (Å²) in [4.78, 5) is 34.0. The SMILES string of the molecule is O=C1CN(C(=O)Oc2ccc([N+](=O)[O-])cc2)CCN1. The van der Waals surface area contributed by atoms with Crippen LogP contribution in [0.1, 0.15) is 0 Å². The zero-order valence-electron chi connectivity index (χ0n) is 9.87. The van der Waals surface area contributed by atoms with Gasteiger partial charge < -0.3 is 10.1 Å². The Hall–Kier alpha value is -2.64. The number of non-ortho nitro benzene ring substituents is 1. The van der Waals surface area contributed by atoms with E-state index in [4.69, 9.17) is 4.74 Å². The molecule has 0 aromatic heterocycles. The van der Waals surface area contributed by atoms with Crippen molar-refractivity contribution in [2.24, 2.45) is 0 Å². The molecule has 1 aliphatic rings. The Balaban J connectivity index is 1.98. The fourth-order valence-corrected chi connectivity index (χ4v) is 1.60. The van der Waals surface area contributed by atoms with Crippen LogP contribution in [0.2, 0.25) is 0 Å². The first-order valence-electron chi connectivity index (χ1n) is 5.54. The van der Waals surface area contributed by atoms with E-state index >= 15 is 0 Å². The predicted octanol–water partition coefficient (Wildman–Crippen LogP) is 0.525. The average molecular weight is 265 g/mol. The first-order valence-corrected chi connectivity index (χ1v) is 5.54. The standard InChI is InChI=1S/C11H11N3O5/c15-10-7-13(6-5-12-10)11(16)19-9-3-1-8(2-4-9)14(17)18/h1-4H,5-7H2,(H,12,15). The zero-order chi connectivity index (χ0) is 13.8. The van der Waals surface area contributed by atoms with Crippen LogP contribution in [0, 0.1) is 10.1 Å². The fourth-order valence-electron chi connectivity index (χ4n) is 1.60. The van der Waals surface area contributed by atoms with E-state index in [-0.39, 0.29) is 23.9 Å². The summed E-state index contributed by atoms with van der Waals surface area (Å²) in [5.74, 6) is -0.0477. The molecule has 0 aliphatic carbocycles. The predicted molar refractivity (Wildman–Crippen MR) is 63.7 cm³/mol. The van der Waals surface area contributed by atoms with Crippen LogP contribution in [-0.4, -0.2) is 41.5 Å². The molecule has 1 saturated heterocycles. The third-order valence-corrected chi connectivity index (χ3v) is 2.55. The molecule has 1 aromatic rings. The van der Waals surface area contributed by atoms with Gasteiger partial charge in [-0.15, -0.1) is 0 Å². The molecule has 0 radical (unpaired) electrons. The molecule has 0 atom stereocenters. The van der Waals surface area contributed by atoms with E-state index in [0.29, 0.717) is 13.1 Å². The average Bonchev–Trinajstić information content (AvgIpc) is 2.39. The Bertz CT molecular complexity index is 514. The van der Waals surface area contributed by atoms with E-state index in [9.17, 15) is 19.7 Å². The molecule has 1 heterocycles. The summed E-state index contributed by atoms with van der Waals surface area (Å²) in [5, 5.41) is 13.1. The summed E-state index contributed by atoms with van der Waals surface area (Å²) >= 11 is 0. The molecule has 100 valence electrons. The van der Waals surface area contributed by atoms with Gasteiger partial charge in [0.05, 0.1) is 4.92 Å². The van der Waals surface area contributed by atoms with Crippen LogP contribution >= 0.6 is 0 Å². The molecule has 0 spiro atoms. The van der Waals surface area contributed by atoms with Crippen LogP contribution in [0.15, 0.2) is 24.3 Å². The van der Waals surface area contributed by atoms with Gasteiger partial charge in [0, 0.05) is 25.2 Å². The number of hydrogen-bond donors (Lipinski definition) is 1. The number of carbonyl (C=O) groups is 2. The summed E-state index contributed by atoms with van der Waals surface area (Å²) < 4.78 is 5.02. The first kappa shape index (κ1) is 12.8. The van der Waals surface area contributed by atoms with E-state index in [0.717, 1.165) is 0 Å². The highest BCUT2D eigenvalue weighted by molar-refractivity contribution is 5.83. The number of hydrogen-bond acceptors (Lipinski definition) is 5. The van der Waals surface area contributed by atoms with Gasteiger partial charge in [-0.1, -0.05) is 0 Å². The first-order chi connectivity index (χ1) is 9.06. The van der Waals surface area contributed by atoms with E-state index in [1.165, 1.54) is 29.2 Å². The lowest BCUT2D eigenvalue weighted by atomic mass is 10.3. The lowest BCUT2D eigenvalue weighted by Gasteiger charge is -2.25. The van der Waals surface area contributed by atoms with Crippen molar-refractivity contribution in [3.05, 3.63) is 34.4 Å². The number of rotatable bonds is 2. The van der Waals surface area contributed by atoms with Gasteiger partial charge in [-0.2, -0.15) is 0 Å². The Labute approximate surface area is 108 Å². The van der Waals surface area contributed by atoms with Crippen molar-refractivity contribution in [3.8, 4) is 5.75 Å². The third kappa shape index (κ3) is 3.18. The Morgan fingerprint density at radius 3 is 2.63 bits per heavy atom. The van der Waals surface area contributed by atoms with Crippen LogP contribution in [0.25, 0.3) is 0 Å². The smallest absolute Gasteiger partial charge is 0.410 e. The quantitative estimate of drug-likeness (QED) is 0.620. The van der Waals surface area contributed by atoms with Crippen molar-refractivity contribution in [1.29, 1.82) is 0 Å². The Kier molecular flexibility index (Phi) is 3.60. The summed E-state index contributed by atoms with van der Waals surface area (Å²) in [6.45, 7) is 0.706. The summed E-state index contributed by atoms with van der Waals surface area (Å²) in [6.07, 6.45) is -0.649. The maximum absolute atomic E-state index is 11.7. The number of nitro benzene ring substituents is 1. The van der Waals surface area contributed by atoms with Gasteiger partial charge >= 0.3 is 6.09 Å². The molecule has 0 saturated carbocycles.